The van der Waals surface area contributed by atoms with Gasteiger partial charge in [-0.3, -0.25) is 4.79 Å². The molecule has 3 aromatic rings. The summed E-state index contributed by atoms with van der Waals surface area (Å²) in [5.41, 5.74) is 2.23. The standard InChI is InChI=1S/C18H18N4OS/c1-21(2)8-9-22-7-5-13-3-4-15(11-16(13)22)20-18(23)17-14(12-19)6-10-24-17/h3-7,10-11H,8-9H2,1-2H3,(H,20,23). The number of nitriles is 1. The number of anilines is 1. The second-order valence-corrected chi connectivity index (χ2v) is 6.73. The number of aromatic nitrogens is 1. The molecule has 0 atom stereocenters. The number of benzene rings is 1. The van der Waals surface area contributed by atoms with Crippen LogP contribution in [-0.2, 0) is 6.54 Å². The lowest BCUT2D eigenvalue weighted by Crippen LogP contribution is -2.18. The van der Waals surface area contributed by atoms with E-state index in [-0.39, 0.29) is 5.91 Å². The molecule has 0 aliphatic heterocycles. The zero-order chi connectivity index (χ0) is 17.1. The van der Waals surface area contributed by atoms with Crippen molar-refractivity contribution in [3.63, 3.8) is 0 Å². The summed E-state index contributed by atoms with van der Waals surface area (Å²) in [6.45, 7) is 1.83. The van der Waals surface area contributed by atoms with Gasteiger partial charge in [-0.15, -0.1) is 11.3 Å². The average Bonchev–Trinajstić information content (AvgIpc) is 3.19. The van der Waals surface area contributed by atoms with Gasteiger partial charge in [0.25, 0.3) is 5.91 Å². The summed E-state index contributed by atoms with van der Waals surface area (Å²) in [4.78, 5) is 14.9. The first-order chi connectivity index (χ1) is 11.6. The van der Waals surface area contributed by atoms with Gasteiger partial charge < -0.3 is 14.8 Å². The molecule has 0 aliphatic carbocycles. The van der Waals surface area contributed by atoms with Gasteiger partial charge >= 0.3 is 0 Å². The predicted octanol–water partition coefficient (Wildman–Crippen LogP) is 3.39. The Labute approximate surface area is 144 Å². The first-order valence-electron chi connectivity index (χ1n) is 7.61. The summed E-state index contributed by atoms with van der Waals surface area (Å²) in [6, 6.07) is 11.6. The predicted molar refractivity (Wildman–Crippen MR) is 97.5 cm³/mol. The number of carbonyl (C=O) groups is 1. The summed E-state index contributed by atoms with van der Waals surface area (Å²) in [6.07, 6.45) is 2.06. The number of carbonyl (C=O) groups excluding carboxylic acids is 1. The van der Waals surface area contributed by atoms with E-state index in [4.69, 9.17) is 5.26 Å². The Balaban J connectivity index is 1.84. The Morgan fingerprint density at radius 2 is 2.17 bits per heavy atom. The molecule has 0 radical (unpaired) electrons. The molecule has 0 bridgehead atoms. The lowest BCUT2D eigenvalue weighted by Gasteiger charge is -2.12. The van der Waals surface area contributed by atoms with Gasteiger partial charge in [0.2, 0.25) is 0 Å². The number of fused-ring (bicyclic) bond motifs is 1. The highest BCUT2D eigenvalue weighted by Gasteiger charge is 2.13. The Morgan fingerprint density at radius 3 is 2.92 bits per heavy atom. The molecule has 0 unspecified atom stereocenters. The third-order valence-corrected chi connectivity index (χ3v) is 4.72. The molecule has 6 heteroatoms. The van der Waals surface area contributed by atoms with Crippen LogP contribution in [0, 0.1) is 11.3 Å². The van der Waals surface area contributed by atoms with Crippen molar-refractivity contribution >= 4 is 33.8 Å². The smallest absolute Gasteiger partial charge is 0.267 e. The molecular formula is C18H18N4OS. The molecule has 0 aliphatic rings. The summed E-state index contributed by atoms with van der Waals surface area (Å²) >= 11 is 1.28. The quantitative estimate of drug-likeness (QED) is 0.776. The van der Waals surface area contributed by atoms with Gasteiger partial charge in [-0.1, -0.05) is 6.07 Å². The Hall–Kier alpha value is -2.62. The van der Waals surface area contributed by atoms with Crippen molar-refractivity contribution in [2.45, 2.75) is 6.54 Å². The maximum atomic E-state index is 12.4. The average molecular weight is 338 g/mol. The third-order valence-electron chi connectivity index (χ3n) is 3.81. The van der Waals surface area contributed by atoms with Crippen molar-refractivity contribution < 1.29 is 4.79 Å². The Bertz CT molecular complexity index is 917. The minimum Gasteiger partial charge on any atom is -0.346 e. The summed E-state index contributed by atoms with van der Waals surface area (Å²) in [7, 11) is 4.09. The van der Waals surface area contributed by atoms with Crippen molar-refractivity contribution in [3.05, 3.63) is 52.3 Å². The van der Waals surface area contributed by atoms with Crippen LogP contribution in [0.2, 0.25) is 0 Å². The van der Waals surface area contributed by atoms with Crippen LogP contribution < -0.4 is 5.32 Å². The van der Waals surface area contributed by atoms with Gasteiger partial charge in [-0.25, -0.2) is 0 Å². The van der Waals surface area contributed by atoms with Crippen molar-refractivity contribution in [1.29, 1.82) is 5.26 Å². The summed E-state index contributed by atoms with van der Waals surface area (Å²) in [5.74, 6) is -0.243. The molecule has 0 saturated heterocycles. The first-order valence-corrected chi connectivity index (χ1v) is 8.49. The number of rotatable bonds is 5. The van der Waals surface area contributed by atoms with Crippen LogP contribution in [0.15, 0.2) is 41.9 Å². The minimum absolute atomic E-state index is 0.243. The van der Waals surface area contributed by atoms with E-state index in [1.165, 1.54) is 11.3 Å². The van der Waals surface area contributed by atoms with E-state index in [0.717, 1.165) is 29.7 Å². The zero-order valence-electron chi connectivity index (χ0n) is 13.6. The molecule has 3 rings (SSSR count). The molecule has 122 valence electrons. The topological polar surface area (TPSA) is 61.1 Å². The van der Waals surface area contributed by atoms with Gasteiger partial charge in [0.1, 0.15) is 10.9 Å². The van der Waals surface area contributed by atoms with Crippen LogP contribution >= 0.6 is 11.3 Å². The van der Waals surface area contributed by atoms with Crippen molar-refractivity contribution in [2.24, 2.45) is 0 Å². The minimum atomic E-state index is -0.243. The van der Waals surface area contributed by atoms with E-state index in [1.54, 1.807) is 11.4 Å². The third kappa shape index (κ3) is 3.32. The number of thiophene rings is 1. The number of nitrogens with one attached hydrogen (secondary N) is 1. The molecule has 0 spiro atoms. The zero-order valence-corrected chi connectivity index (χ0v) is 14.4. The van der Waals surface area contributed by atoms with E-state index in [9.17, 15) is 4.79 Å². The molecule has 2 aromatic heterocycles. The monoisotopic (exact) mass is 338 g/mol. The fourth-order valence-electron chi connectivity index (χ4n) is 2.53. The van der Waals surface area contributed by atoms with E-state index >= 15 is 0 Å². The fraction of sp³-hybridized carbons (Fsp3) is 0.222. The lowest BCUT2D eigenvalue weighted by molar-refractivity contribution is 0.103. The largest absolute Gasteiger partial charge is 0.346 e. The van der Waals surface area contributed by atoms with Crippen molar-refractivity contribution in [2.75, 3.05) is 26.0 Å². The Morgan fingerprint density at radius 1 is 1.33 bits per heavy atom. The number of hydrogen-bond donors (Lipinski definition) is 1. The van der Waals surface area contributed by atoms with Crippen LogP contribution in [0.25, 0.3) is 10.9 Å². The van der Waals surface area contributed by atoms with E-state index in [2.05, 4.69) is 27.0 Å². The molecule has 1 N–H and O–H groups in total. The lowest BCUT2D eigenvalue weighted by atomic mass is 10.2. The summed E-state index contributed by atoms with van der Waals surface area (Å²) in [5, 5.41) is 14.8. The van der Waals surface area contributed by atoms with Crippen LogP contribution in [0.1, 0.15) is 15.2 Å². The number of amides is 1. The van der Waals surface area contributed by atoms with Crippen LogP contribution in [0.5, 0.6) is 0 Å². The number of hydrogen-bond acceptors (Lipinski definition) is 4. The van der Waals surface area contributed by atoms with Gasteiger partial charge in [0.05, 0.1) is 11.1 Å². The second-order valence-electron chi connectivity index (χ2n) is 5.82. The molecule has 0 saturated carbocycles. The summed E-state index contributed by atoms with van der Waals surface area (Å²) < 4.78 is 2.18. The molecule has 0 fully saturated rings. The molecule has 24 heavy (non-hydrogen) atoms. The highest BCUT2D eigenvalue weighted by Crippen LogP contribution is 2.23. The van der Waals surface area contributed by atoms with E-state index < -0.39 is 0 Å². The maximum absolute atomic E-state index is 12.4. The van der Waals surface area contributed by atoms with E-state index in [0.29, 0.717) is 10.4 Å². The van der Waals surface area contributed by atoms with Crippen LogP contribution in [-0.4, -0.2) is 36.0 Å². The first kappa shape index (κ1) is 16.2. The molecule has 2 heterocycles. The van der Waals surface area contributed by atoms with Gasteiger partial charge in [0, 0.05) is 25.0 Å². The number of likely N-dealkylation sites (N-methyl/N-ethyl adjacent to an activating group) is 1. The van der Waals surface area contributed by atoms with Gasteiger partial charge in [-0.2, -0.15) is 5.26 Å². The molecule has 5 nitrogen and oxygen atoms in total. The van der Waals surface area contributed by atoms with Gasteiger partial charge in [-0.05, 0) is 49.1 Å². The SMILES string of the molecule is CN(C)CCn1ccc2ccc(NC(=O)c3sccc3C#N)cc21. The maximum Gasteiger partial charge on any atom is 0.267 e. The highest BCUT2D eigenvalue weighted by molar-refractivity contribution is 7.12. The molecule has 1 aromatic carbocycles. The van der Waals surface area contributed by atoms with Crippen molar-refractivity contribution in [1.82, 2.24) is 9.47 Å². The van der Waals surface area contributed by atoms with Gasteiger partial charge in [0.15, 0.2) is 0 Å². The van der Waals surface area contributed by atoms with Crippen LogP contribution in [0.4, 0.5) is 5.69 Å². The van der Waals surface area contributed by atoms with Crippen molar-refractivity contribution in [3.8, 4) is 6.07 Å². The molecule has 1 amide bonds. The number of nitrogens with zero attached hydrogens (tertiary/aromatic N) is 3. The van der Waals surface area contributed by atoms with Crippen LogP contribution in [0.3, 0.4) is 0 Å². The highest BCUT2D eigenvalue weighted by atomic mass is 32.1. The van der Waals surface area contributed by atoms with E-state index in [1.807, 2.05) is 38.4 Å². The second kappa shape index (κ2) is 6.87. The normalized spacial score (nSPS) is 10.9. The Kier molecular flexibility index (Phi) is 4.65. The fourth-order valence-corrected chi connectivity index (χ4v) is 3.26. The molecular weight excluding hydrogens is 320 g/mol.